The number of thiophene rings is 1. The topological polar surface area (TPSA) is 81.8 Å². The number of nitrogens with zero attached hydrogens (tertiary/aromatic N) is 4. The number of fused-ring (bicyclic) bond motifs is 3. The average Bonchev–Trinajstić information content (AvgIpc) is 3.46. The Bertz CT molecular complexity index is 1180. The Morgan fingerprint density at radius 2 is 2.09 bits per heavy atom. The molecule has 1 aliphatic rings. The molecule has 3 heterocycles. The molecule has 1 aliphatic carbocycles. The number of anilines is 1. The first-order valence-corrected chi connectivity index (χ1v) is 13.2. The Balaban J connectivity index is 1.62. The number of hydrogen-bond donors (Lipinski definition) is 1. The molecule has 0 aromatic carbocycles. The lowest BCUT2D eigenvalue weighted by atomic mass is 10.2. The van der Waals surface area contributed by atoms with Crippen LogP contribution in [0.25, 0.3) is 10.2 Å². The molecular weight excluding hydrogens is 442 g/mol. The summed E-state index contributed by atoms with van der Waals surface area (Å²) in [5, 5.41) is 8.29. The Labute approximate surface area is 196 Å². The second-order valence-corrected chi connectivity index (χ2v) is 11.0. The maximum Gasteiger partial charge on any atom is 0.263 e. The van der Waals surface area contributed by atoms with Crippen LogP contribution in [0.4, 0.5) is 5.82 Å². The lowest BCUT2D eigenvalue weighted by molar-refractivity contribution is -0.115. The van der Waals surface area contributed by atoms with Crippen molar-refractivity contribution in [2.75, 3.05) is 5.32 Å². The molecule has 172 valence electrons. The van der Waals surface area contributed by atoms with Crippen LogP contribution in [0.2, 0.25) is 0 Å². The van der Waals surface area contributed by atoms with E-state index in [0.29, 0.717) is 17.5 Å². The molecule has 0 aliphatic heterocycles. The van der Waals surface area contributed by atoms with E-state index in [0.717, 1.165) is 48.7 Å². The van der Waals surface area contributed by atoms with Crippen LogP contribution in [-0.4, -0.2) is 30.5 Å². The number of thioether (sulfide) groups is 1. The summed E-state index contributed by atoms with van der Waals surface area (Å²) >= 11 is 3.01. The normalized spacial score (nSPS) is 14.3. The summed E-state index contributed by atoms with van der Waals surface area (Å²) in [6, 6.07) is 1.95. The zero-order valence-corrected chi connectivity index (χ0v) is 20.8. The van der Waals surface area contributed by atoms with Crippen molar-refractivity contribution in [1.29, 1.82) is 0 Å². The molecule has 0 fully saturated rings. The third-order valence-electron chi connectivity index (χ3n) is 5.84. The largest absolute Gasteiger partial charge is 0.310 e. The first kappa shape index (κ1) is 23.0. The maximum atomic E-state index is 13.5. The number of hydrogen-bond acceptors (Lipinski definition) is 6. The smallest absolute Gasteiger partial charge is 0.263 e. The van der Waals surface area contributed by atoms with Gasteiger partial charge in [0, 0.05) is 23.5 Å². The molecule has 3 aromatic rings. The van der Waals surface area contributed by atoms with Gasteiger partial charge in [-0.25, -0.2) is 9.67 Å². The van der Waals surface area contributed by atoms with E-state index in [1.165, 1.54) is 22.2 Å². The summed E-state index contributed by atoms with van der Waals surface area (Å²) in [4.78, 5) is 33.4. The molecule has 0 bridgehead atoms. The number of carbonyl (C=O) groups excluding carboxylic acids is 1. The highest BCUT2D eigenvalue weighted by atomic mass is 32.2. The molecule has 4 rings (SSSR count). The highest BCUT2D eigenvalue weighted by Crippen LogP contribution is 2.36. The fourth-order valence-corrected chi connectivity index (χ4v) is 6.37. The first-order valence-electron chi connectivity index (χ1n) is 11.5. The Kier molecular flexibility index (Phi) is 7.05. The minimum absolute atomic E-state index is 0.0542. The van der Waals surface area contributed by atoms with E-state index in [1.54, 1.807) is 32.8 Å². The van der Waals surface area contributed by atoms with Gasteiger partial charge in [0.2, 0.25) is 5.91 Å². The summed E-state index contributed by atoms with van der Waals surface area (Å²) in [7, 11) is 0. The second-order valence-electron chi connectivity index (χ2n) is 8.60. The predicted octanol–water partition coefficient (Wildman–Crippen LogP) is 5.03. The molecule has 0 radical (unpaired) electrons. The van der Waals surface area contributed by atoms with Crippen LogP contribution >= 0.6 is 23.1 Å². The van der Waals surface area contributed by atoms with Crippen molar-refractivity contribution >= 4 is 45.0 Å². The zero-order valence-electron chi connectivity index (χ0n) is 19.2. The van der Waals surface area contributed by atoms with Gasteiger partial charge < -0.3 is 5.32 Å². The van der Waals surface area contributed by atoms with Gasteiger partial charge in [-0.1, -0.05) is 31.5 Å². The van der Waals surface area contributed by atoms with Crippen molar-refractivity contribution in [3.8, 4) is 0 Å². The number of aryl methyl sites for hydroxylation is 2. The minimum atomic E-state index is -0.404. The van der Waals surface area contributed by atoms with Crippen LogP contribution in [-0.2, 0) is 24.2 Å². The third-order valence-corrected chi connectivity index (χ3v) is 8.11. The fourth-order valence-electron chi connectivity index (χ4n) is 4.13. The van der Waals surface area contributed by atoms with Gasteiger partial charge in [-0.2, -0.15) is 5.10 Å². The van der Waals surface area contributed by atoms with E-state index < -0.39 is 5.25 Å². The summed E-state index contributed by atoms with van der Waals surface area (Å²) in [6.07, 6.45) is 7.89. The molecule has 1 amide bonds. The van der Waals surface area contributed by atoms with Crippen LogP contribution in [0.5, 0.6) is 0 Å². The first-order chi connectivity index (χ1) is 15.4. The monoisotopic (exact) mass is 473 g/mol. The highest BCUT2D eigenvalue weighted by molar-refractivity contribution is 8.00. The maximum absolute atomic E-state index is 13.5. The van der Waals surface area contributed by atoms with Crippen molar-refractivity contribution in [2.45, 2.75) is 89.2 Å². The second kappa shape index (κ2) is 9.79. The standard InChI is InChI=1S/C23H31N5O2S2/c1-5-6-7-13-27-22(30)19-16-9-8-10-17(16)32-21(19)26-23(27)31-15(4)20(29)25-18-11-12-24-28(18)14(2)3/h11-12,14-15H,5-10,13H2,1-4H3,(H,25,29). The molecule has 0 saturated carbocycles. The van der Waals surface area contributed by atoms with Crippen molar-refractivity contribution in [1.82, 2.24) is 19.3 Å². The minimum Gasteiger partial charge on any atom is -0.310 e. The van der Waals surface area contributed by atoms with Crippen LogP contribution in [0.3, 0.4) is 0 Å². The average molecular weight is 474 g/mol. The molecular formula is C23H31N5O2S2. The summed E-state index contributed by atoms with van der Waals surface area (Å²) in [5.41, 5.74) is 1.26. The number of amides is 1. The van der Waals surface area contributed by atoms with Gasteiger partial charge in [0.25, 0.3) is 5.56 Å². The summed E-state index contributed by atoms with van der Waals surface area (Å²) in [6.45, 7) is 8.69. The van der Waals surface area contributed by atoms with Gasteiger partial charge in [0.1, 0.15) is 10.6 Å². The molecule has 32 heavy (non-hydrogen) atoms. The number of nitrogens with one attached hydrogen (secondary N) is 1. The Morgan fingerprint density at radius 1 is 1.28 bits per heavy atom. The molecule has 0 saturated heterocycles. The van der Waals surface area contributed by atoms with Crippen molar-refractivity contribution in [3.63, 3.8) is 0 Å². The van der Waals surface area contributed by atoms with Crippen molar-refractivity contribution in [2.24, 2.45) is 0 Å². The van der Waals surface area contributed by atoms with Crippen molar-refractivity contribution < 1.29 is 4.79 Å². The molecule has 9 heteroatoms. The van der Waals surface area contributed by atoms with E-state index in [9.17, 15) is 9.59 Å². The Morgan fingerprint density at radius 3 is 2.84 bits per heavy atom. The lowest BCUT2D eigenvalue weighted by Gasteiger charge is -2.17. The molecule has 3 aromatic heterocycles. The van der Waals surface area contributed by atoms with E-state index in [2.05, 4.69) is 17.3 Å². The van der Waals surface area contributed by atoms with Crippen LogP contribution in [0, 0.1) is 0 Å². The number of aromatic nitrogens is 4. The SMILES string of the molecule is CCCCCn1c(SC(C)C(=O)Nc2ccnn2C(C)C)nc2sc3c(c2c1=O)CCC3. The van der Waals surface area contributed by atoms with Gasteiger partial charge in [-0.05, 0) is 52.0 Å². The Hall–Kier alpha value is -2.13. The van der Waals surface area contributed by atoms with E-state index in [1.807, 2.05) is 20.8 Å². The van der Waals surface area contributed by atoms with Crippen LogP contribution < -0.4 is 10.9 Å². The van der Waals surface area contributed by atoms with Crippen LogP contribution in [0.1, 0.15) is 69.9 Å². The molecule has 7 nitrogen and oxygen atoms in total. The number of carbonyl (C=O) groups is 1. The lowest BCUT2D eigenvalue weighted by Crippen LogP contribution is -2.28. The van der Waals surface area contributed by atoms with E-state index in [-0.39, 0.29) is 17.5 Å². The molecule has 1 N–H and O–H groups in total. The van der Waals surface area contributed by atoms with Crippen LogP contribution in [0.15, 0.2) is 22.2 Å². The fraction of sp³-hybridized carbons (Fsp3) is 0.565. The molecule has 0 spiro atoms. The van der Waals surface area contributed by atoms with E-state index >= 15 is 0 Å². The summed E-state index contributed by atoms with van der Waals surface area (Å²) in [5.74, 6) is 0.552. The quantitative estimate of drug-likeness (QED) is 0.268. The molecule has 1 atom stereocenters. The van der Waals surface area contributed by atoms with E-state index in [4.69, 9.17) is 4.98 Å². The summed E-state index contributed by atoms with van der Waals surface area (Å²) < 4.78 is 3.59. The predicted molar refractivity (Wildman–Crippen MR) is 132 cm³/mol. The van der Waals surface area contributed by atoms with Gasteiger partial charge in [-0.3, -0.25) is 14.2 Å². The molecule has 1 unspecified atom stereocenters. The third kappa shape index (κ3) is 4.50. The highest BCUT2D eigenvalue weighted by Gasteiger charge is 2.25. The van der Waals surface area contributed by atoms with Gasteiger partial charge in [-0.15, -0.1) is 11.3 Å². The van der Waals surface area contributed by atoms with Crippen molar-refractivity contribution in [3.05, 3.63) is 33.1 Å². The number of rotatable bonds is 9. The number of unbranched alkanes of at least 4 members (excludes halogenated alkanes) is 2. The van der Waals surface area contributed by atoms with Gasteiger partial charge in [0.15, 0.2) is 5.16 Å². The zero-order chi connectivity index (χ0) is 22.8. The van der Waals surface area contributed by atoms with Gasteiger partial charge in [0.05, 0.1) is 16.8 Å². The van der Waals surface area contributed by atoms with Gasteiger partial charge >= 0.3 is 0 Å².